The summed E-state index contributed by atoms with van der Waals surface area (Å²) in [4.78, 5) is 28.9. The Balaban J connectivity index is 1.47. The number of amides is 2. The molecule has 2 heterocycles. The second kappa shape index (κ2) is 9.44. The van der Waals surface area contributed by atoms with Crippen molar-refractivity contribution in [2.24, 2.45) is 5.73 Å². The molecule has 2 aromatic carbocycles. The number of imidazole rings is 1. The van der Waals surface area contributed by atoms with Gasteiger partial charge in [0.2, 0.25) is 5.91 Å². The molecule has 0 aliphatic rings. The lowest BCUT2D eigenvalue weighted by Gasteiger charge is -2.16. The molecule has 3 N–H and O–H groups in total. The number of carbonyl (C=O) groups excluding carboxylic acids is 2. The fourth-order valence-electron chi connectivity index (χ4n) is 3.27. The van der Waals surface area contributed by atoms with Crippen LogP contribution in [0.25, 0.3) is 5.65 Å². The van der Waals surface area contributed by atoms with Crippen LogP contribution < -0.4 is 20.5 Å². The molecule has 8 nitrogen and oxygen atoms in total. The summed E-state index contributed by atoms with van der Waals surface area (Å²) in [5.74, 6) is 0.00175. The molecule has 0 atom stereocenters. The number of benzene rings is 2. The zero-order valence-corrected chi connectivity index (χ0v) is 18.3. The first-order valence-electron chi connectivity index (χ1n) is 10.5. The molecule has 0 aliphatic carbocycles. The summed E-state index contributed by atoms with van der Waals surface area (Å²) in [6, 6.07) is 17.3. The molecule has 0 fully saturated rings. The number of nitrogens with one attached hydrogen (secondary N) is 1. The number of nitrogens with zero attached hydrogens (tertiary/aromatic N) is 2. The van der Waals surface area contributed by atoms with Crippen LogP contribution in [0.3, 0.4) is 0 Å². The monoisotopic (exact) mass is 444 g/mol. The maximum absolute atomic E-state index is 12.9. The number of nitrogens with two attached hydrogens (primary N) is 1. The van der Waals surface area contributed by atoms with E-state index in [1.165, 1.54) is 6.07 Å². The number of primary amides is 1. The molecule has 0 saturated carbocycles. The number of carbonyl (C=O) groups is 2. The fourth-order valence-corrected chi connectivity index (χ4v) is 3.27. The van der Waals surface area contributed by atoms with Gasteiger partial charge in [-0.05, 0) is 62.4 Å². The molecular weight excluding hydrogens is 420 g/mol. The predicted molar refractivity (Wildman–Crippen MR) is 125 cm³/mol. The lowest BCUT2D eigenvalue weighted by Crippen LogP contribution is -2.16. The topological polar surface area (TPSA) is 108 Å². The van der Waals surface area contributed by atoms with Crippen LogP contribution in [0.2, 0.25) is 0 Å². The molecule has 2 aromatic heterocycles. The maximum Gasteiger partial charge on any atom is 0.255 e. The van der Waals surface area contributed by atoms with Crippen molar-refractivity contribution in [1.29, 1.82) is 0 Å². The third-order valence-corrected chi connectivity index (χ3v) is 4.77. The highest BCUT2D eigenvalue weighted by Gasteiger charge is 2.14. The minimum Gasteiger partial charge on any atom is -0.489 e. The highest BCUT2D eigenvalue weighted by atomic mass is 16.5. The molecule has 0 saturated heterocycles. The van der Waals surface area contributed by atoms with Crippen LogP contribution in [0.15, 0.2) is 73.1 Å². The summed E-state index contributed by atoms with van der Waals surface area (Å²) in [6.07, 6.45) is 3.67. The van der Waals surface area contributed by atoms with E-state index in [1.807, 2.05) is 48.8 Å². The predicted octanol–water partition coefficient (Wildman–Crippen LogP) is 4.05. The van der Waals surface area contributed by atoms with E-state index in [0.29, 0.717) is 28.3 Å². The molecule has 4 rings (SSSR count). The highest BCUT2D eigenvalue weighted by molar-refractivity contribution is 6.05. The number of ether oxygens (including phenoxy) is 2. The van der Waals surface area contributed by atoms with Gasteiger partial charge in [-0.25, -0.2) is 4.98 Å². The van der Waals surface area contributed by atoms with Gasteiger partial charge in [0.05, 0.1) is 17.5 Å². The Bertz CT molecular complexity index is 1280. The van der Waals surface area contributed by atoms with E-state index in [9.17, 15) is 9.59 Å². The summed E-state index contributed by atoms with van der Waals surface area (Å²) in [5.41, 5.74) is 8.13. The van der Waals surface area contributed by atoms with E-state index < -0.39 is 5.91 Å². The molecule has 0 spiro atoms. The van der Waals surface area contributed by atoms with Crippen LogP contribution in [-0.4, -0.2) is 27.3 Å². The summed E-state index contributed by atoms with van der Waals surface area (Å²) in [5, 5.41) is 2.83. The molecule has 2 amide bonds. The van der Waals surface area contributed by atoms with E-state index in [1.54, 1.807) is 36.4 Å². The van der Waals surface area contributed by atoms with Gasteiger partial charge in [0.15, 0.2) is 0 Å². The minimum atomic E-state index is -0.572. The zero-order chi connectivity index (χ0) is 23.4. The number of hydrogen-bond acceptors (Lipinski definition) is 5. The van der Waals surface area contributed by atoms with Crippen molar-refractivity contribution in [2.45, 2.75) is 26.6 Å². The Labute approximate surface area is 191 Å². The Hall–Kier alpha value is -4.33. The van der Waals surface area contributed by atoms with Crippen molar-refractivity contribution in [3.8, 4) is 11.5 Å². The van der Waals surface area contributed by atoms with Crippen LogP contribution in [0, 0.1) is 0 Å². The number of anilines is 1. The number of rotatable bonds is 8. The minimum absolute atomic E-state index is 0.153. The van der Waals surface area contributed by atoms with E-state index in [4.69, 9.17) is 15.2 Å². The quantitative estimate of drug-likeness (QED) is 0.426. The van der Waals surface area contributed by atoms with Crippen LogP contribution in [0.5, 0.6) is 11.5 Å². The number of pyridine rings is 1. The first kappa shape index (κ1) is 21.9. The van der Waals surface area contributed by atoms with Gasteiger partial charge in [-0.2, -0.15) is 0 Å². The summed E-state index contributed by atoms with van der Waals surface area (Å²) in [7, 11) is 0. The van der Waals surface area contributed by atoms with Gasteiger partial charge in [0, 0.05) is 23.5 Å². The van der Waals surface area contributed by atoms with E-state index in [2.05, 4.69) is 10.3 Å². The lowest BCUT2D eigenvalue weighted by atomic mass is 10.1. The molecule has 0 unspecified atom stereocenters. The van der Waals surface area contributed by atoms with Crippen LogP contribution in [0.4, 0.5) is 5.69 Å². The summed E-state index contributed by atoms with van der Waals surface area (Å²) in [6.45, 7) is 3.98. The first-order valence-corrected chi connectivity index (χ1v) is 10.5. The Morgan fingerprint density at radius 1 is 1.06 bits per heavy atom. The number of hydrogen-bond donors (Lipinski definition) is 2. The van der Waals surface area contributed by atoms with Crippen molar-refractivity contribution in [1.82, 2.24) is 9.38 Å². The second-order valence-electron chi connectivity index (χ2n) is 7.71. The van der Waals surface area contributed by atoms with Crippen LogP contribution in [0.1, 0.15) is 40.3 Å². The Morgan fingerprint density at radius 2 is 1.91 bits per heavy atom. The normalized spacial score (nSPS) is 10.9. The average molecular weight is 444 g/mol. The van der Waals surface area contributed by atoms with Gasteiger partial charge in [0.25, 0.3) is 5.91 Å². The van der Waals surface area contributed by atoms with Crippen molar-refractivity contribution >= 4 is 23.1 Å². The first-order chi connectivity index (χ1) is 15.9. The van der Waals surface area contributed by atoms with Gasteiger partial charge in [-0.3, -0.25) is 9.59 Å². The molecule has 0 bridgehead atoms. The maximum atomic E-state index is 12.9. The Kier molecular flexibility index (Phi) is 6.26. The summed E-state index contributed by atoms with van der Waals surface area (Å²) >= 11 is 0. The fraction of sp³-hybridized carbons (Fsp3) is 0.160. The third-order valence-electron chi connectivity index (χ3n) is 4.77. The van der Waals surface area contributed by atoms with Crippen molar-refractivity contribution in [3.63, 3.8) is 0 Å². The molecule has 0 aliphatic heterocycles. The van der Waals surface area contributed by atoms with Gasteiger partial charge in [-0.1, -0.05) is 12.1 Å². The van der Waals surface area contributed by atoms with Gasteiger partial charge in [0.1, 0.15) is 23.8 Å². The summed E-state index contributed by atoms with van der Waals surface area (Å²) < 4.78 is 13.5. The molecule has 4 aromatic rings. The van der Waals surface area contributed by atoms with Gasteiger partial charge >= 0.3 is 0 Å². The molecular formula is C25H24N4O4. The Morgan fingerprint density at radius 3 is 2.67 bits per heavy atom. The van der Waals surface area contributed by atoms with Crippen LogP contribution in [-0.2, 0) is 6.61 Å². The molecule has 0 radical (unpaired) electrons. The lowest BCUT2D eigenvalue weighted by molar-refractivity contribution is 0.0998. The second-order valence-corrected chi connectivity index (χ2v) is 7.71. The van der Waals surface area contributed by atoms with E-state index in [-0.39, 0.29) is 18.6 Å². The smallest absolute Gasteiger partial charge is 0.255 e. The van der Waals surface area contributed by atoms with Crippen molar-refractivity contribution < 1.29 is 19.1 Å². The molecule has 33 heavy (non-hydrogen) atoms. The van der Waals surface area contributed by atoms with E-state index >= 15 is 0 Å². The number of fused-ring (bicyclic) bond motifs is 1. The SMILES string of the molecule is CC(C)Oc1cc(C(N)=O)ccc1NC(=O)c1cccc(OCc2cn3ccccc3n2)c1. The largest absolute Gasteiger partial charge is 0.489 e. The van der Waals surface area contributed by atoms with Crippen molar-refractivity contribution in [2.75, 3.05) is 5.32 Å². The zero-order valence-electron chi connectivity index (χ0n) is 18.3. The molecule has 8 heteroatoms. The third kappa shape index (κ3) is 5.30. The van der Waals surface area contributed by atoms with Crippen molar-refractivity contribution in [3.05, 3.63) is 89.9 Å². The average Bonchev–Trinajstić information content (AvgIpc) is 3.21. The van der Waals surface area contributed by atoms with E-state index in [0.717, 1.165) is 11.3 Å². The van der Waals surface area contributed by atoms with Gasteiger partial charge in [-0.15, -0.1) is 0 Å². The molecule has 168 valence electrons. The standard InChI is InChI=1S/C25H24N4O4/c1-16(2)33-22-13-17(24(26)30)9-10-21(22)28-25(31)18-6-5-7-20(12-18)32-15-19-14-29-11-4-3-8-23(29)27-19/h3-14,16H,15H2,1-2H3,(H2,26,30)(H,28,31). The van der Waals surface area contributed by atoms with Gasteiger partial charge < -0.3 is 24.9 Å². The van der Waals surface area contributed by atoms with Crippen LogP contribution >= 0.6 is 0 Å². The highest BCUT2D eigenvalue weighted by Crippen LogP contribution is 2.28. The number of aromatic nitrogens is 2.